The molecular formula is C20H24N2O4S. The van der Waals surface area contributed by atoms with Gasteiger partial charge in [-0.15, -0.1) is 0 Å². The Morgan fingerprint density at radius 2 is 1.74 bits per heavy atom. The van der Waals surface area contributed by atoms with Gasteiger partial charge in [0.25, 0.3) is 0 Å². The number of carbonyl (C=O) groups is 2. The molecule has 0 heterocycles. The quantitative estimate of drug-likeness (QED) is 0.705. The van der Waals surface area contributed by atoms with Crippen molar-refractivity contribution in [1.29, 1.82) is 0 Å². The SMILES string of the molecule is CC[C@@H](NC(=O)CN(c1cccc(C(C)=O)c1)S(C)(=O)=O)c1ccccc1. The van der Waals surface area contributed by atoms with Gasteiger partial charge in [-0.1, -0.05) is 49.4 Å². The Balaban J connectivity index is 2.23. The minimum Gasteiger partial charge on any atom is -0.348 e. The van der Waals surface area contributed by atoms with Crippen LogP contribution in [0.1, 0.15) is 42.2 Å². The first kappa shape index (κ1) is 20.6. The highest BCUT2D eigenvalue weighted by Crippen LogP contribution is 2.20. The summed E-state index contributed by atoms with van der Waals surface area (Å²) in [4.78, 5) is 24.1. The van der Waals surface area contributed by atoms with Gasteiger partial charge in [0.1, 0.15) is 6.54 Å². The van der Waals surface area contributed by atoms with Crippen LogP contribution in [0.5, 0.6) is 0 Å². The molecule has 1 atom stereocenters. The van der Waals surface area contributed by atoms with E-state index in [1.54, 1.807) is 18.2 Å². The fraction of sp³-hybridized carbons (Fsp3) is 0.300. The molecule has 0 fully saturated rings. The molecular weight excluding hydrogens is 364 g/mol. The van der Waals surface area contributed by atoms with Crippen molar-refractivity contribution in [2.75, 3.05) is 17.1 Å². The predicted octanol–water partition coefficient (Wildman–Crippen LogP) is 2.92. The van der Waals surface area contributed by atoms with Crippen LogP contribution in [-0.2, 0) is 14.8 Å². The molecule has 0 aliphatic heterocycles. The van der Waals surface area contributed by atoms with E-state index >= 15 is 0 Å². The second-order valence-electron chi connectivity index (χ2n) is 6.32. The van der Waals surface area contributed by atoms with Gasteiger partial charge >= 0.3 is 0 Å². The van der Waals surface area contributed by atoms with Gasteiger partial charge in [0.2, 0.25) is 15.9 Å². The Kier molecular flexibility index (Phi) is 6.74. The molecule has 1 amide bonds. The normalized spacial score (nSPS) is 12.3. The number of rotatable bonds is 8. The molecule has 7 heteroatoms. The van der Waals surface area contributed by atoms with Gasteiger partial charge < -0.3 is 5.32 Å². The smallest absolute Gasteiger partial charge is 0.241 e. The number of Topliss-reactive ketones (excluding diaryl/α,β-unsaturated/α-hetero) is 1. The third kappa shape index (κ3) is 5.65. The van der Waals surface area contributed by atoms with Gasteiger partial charge in [0.05, 0.1) is 18.0 Å². The summed E-state index contributed by atoms with van der Waals surface area (Å²) in [6.07, 6.45) is 1.71. The number of ketones is 1. The lowest BCUT2D eigenvalue weighted by Gasteiger charge is -2.24. The van der Waals surface area contributed by atoms with Crippen LogP contribution in [0.3, 0.4) is 0 Å². The molecule has 0 radical (unpaired) electrons. The Bertz CT molecular complexity index is 911. The average molecular weight is 388 g/mol. The molecule has 6 nitrogen and oxygen atoms in total. The maximum atomic E-state index is 12.6. The van der Waals surface area contributed by atoms with E-state index in [4.69, 9.17) is 0 Å². The molecule has 1 N–H and O–H groups in total. The van der Waals surface area contributed by atoms with Crippen LogP contribution in [0.15, 0.2) is 54.6 Å². The number of anilines is 1. The molecule has 2 rings (SSSR count). The Hall–Kier alpha value is -2.67. The number of carbonyl (C=O) groups excluding carboxylic acids is 2. The summed E-state index contributed by atoms with van der Waals surface area (Å²) in [6.45, 7) is 2.99. The van der Waals surface area contributed by atoms with E-state index in [0.29, 0.717) is 12.0 Å². The fourth-order valence-corrected chi connectivity index (χ4v) is 3.61. The van der Waals surface area contributed by atoms with Crippen LogP contribution in [0.25, 0.3) is 0 Å². The lowest BCUT2D eigenvalue weighted by atomic mass is 10.0. The summed E-state index contributed by atoms with van der Waals surface area (Å²) in [5, 5.41) is 2.88. The maximum Gasteiger partial charge on any atom is 0.241 e. The molecule has 0 saturated carbocycles. The monoisotopic (exact) mass is 388 g/mol. The number of hydrogen-bond acceptors (Lipinski definition) is 4. The fourth-order valence-electron chi connectivity index (χ4n) is 2.76. The summed E-state index contributed by atoms with van der Waals surface area (Å²) in [5.74, 6) is -0.589. The largest absolute Gasteiger partial charge is 0.348 e. The molecule has 2 aromatic rings. The average Bonchev–Trinajstić information content (AvgIpc) is 2.64. The number of nitrogens with one attached hydrogen (secondary N) is 1. The number of benzene rings is 2. The summed E-state index contributed by atoms with van der Waals surface area (Å²) < 4.78 is 25.5. The van der Waals surface area contributed by atoms with Gasteiger partial charge in [0, 0.05) is 5.56 Å². The molecule has 0 saturated heterocycles. The first-order valence-electron chi connectivity index (χ1n) is 8.65. The summed E-state index contributed by atoms with van der Waals surface area (Å²) in [6, 6.07) is 15.5. The van der Waals surface area contributed by atoms with Gasteiger partial charge in [-0.25, -0.2) is 8.42 Å². The third-order valence-corrected chi connectivity index (χ3v) is 5.31. The van der Waals surface area contributed by atoms with E-state index in [1.807, 2.05) is 37.3 Å². The van der Waals surface area contributed by atoms with Crippen LogP contribution in [-0.4, -0.2) is 32.9 Å². The lowest BCUT2D eigenvalue weighted by Crippen LogP contribution is -2.41. The van der Waals surface area contributed by atoms with Crippen molar-refractivity contribution in [2.24, 2.45) is 0 Å². The van der Waals surface area contributed by atoms with E-state index in [-0.39, 0.29) is 24.1 Å². The van der Waals surface area contributed by atoms with E-state index in [9.17, 15) is 18.0 Å². The number of nitrogens with zero attached hydrogens (tertiary/aromatic N) is 1. The third-order valence-electron chi connectivity index (χ3n) is 4.17. The zero-order valence-electron chi connectivity index (χ0n) is 15.7. The Morgan fingerprint density at radius 1 is 1.07 bits per heavy atom. The minimum absolute atomic E-state index is 0.176. The highest BCUT2D eigenvalue weighted by molar-refractivity contribution is 7.92. The molecule has 0 aliphatic carbocycles. The zero-order chi connectivity index (χ0) is 20.0. The van der Waals surface area contributed by atoms with E-state index in [0.717, 1.165) is 16.1 Å². The molecule has 0 spiro atoms. The van der Waals surface area contributed by atoms with Crippen molar-refractivity contribution >= 4 is 27.4 Å². The van der Waals surface area contributed by atoms with Gasteiger partial charge in [-0.2, -0.15) is 0 Å². The molecule has 0 aliphatic rings. The maximum absolute atomic E-state index is 12.6. The summed E-state index contributed by atoms with van der Waals surface area (Å²) in [5.41, 5.74) is 1.63. The second-order valence-corrected chi connectivity index (χ2v) is 8.22. The standard InChI is InChI=1S/C20H24N2O4S/c1-4-19(16-9-6-5-7-10-16)21-20(24)14-22(27(3,25)26)18-12-8-11-17(13-18)15(2)23/h5-13,19H,4,14H2,1-3H3,(H,21,24)/t19-/m1/s1. The van der Waals surface area contributed by atoms with Gasteiger partial charge in [0.15, 0.2) is 5.78 Å². The van der Waals surface area contributed by atoms with E-state index in [2.05, 4.69) is 5.32 Å². The predicted molar refractivity (Wildman–Crippen MR) is 106 cm³/mol. The molecule has 0 unspecified atom stereocenters. The minimum atomic E-state index is -3.70. The van der Waals surface area contributed by atoms with Gasteiger partial charge in [-0.05, 0) is 31.0 Å². The van der Waals surface area contributed by atoms with Crippen LogP contribution >= 0.6 is 0 Å². The van der Waals surface area contributed by atoms with Crippen LogP contribution in [0.2, 0.25) is 0 Å². The molecule has 27 heavy (non-hydrogen) atoms. The van der Waals surface area contributed by atoms with Crippen molar-refractivity contribution < 1.29 is 18.0 Å². The van der Waals surface area contributed by atoms with Gasteiger partial charge in [-0.3, -0.25) is 13.9 Å². The van der Waals surface area contributed by atoms with Crippen molar-refractivity contribution in [2.45, 2.75) is 26.3 Å². The molecule has 2 aromatic carbocycles. The van der Waals surface area contributed by atoms with Crippen LogP contribution in [0.4, 0.5) is 5.69 Å². The van der Waals surface area contributed by atoms with E-state index < -0.39 is 15.9 Å². The Morgan fingerprint density at radius 3 is 2.30 bits per heavy atom. The number of amides is 1. The van der Waals surface area contributed by atoms with Crippen molar-refractivity contribution in [1.82, 2.24) is 5.32 Å². The number of sulfonamides is 1. The lowest BCUT2D eigenvalue weighted by molar-refractivity contribution is -0.120. The van der Waals surface area contributed by atoms with Crippen LogP contribution < -0.4 is 9.62 Å². The Labute approximate surface area is 160 Å². The highest BCUT2D eigenvalue weighted by atomic mass is 32.2. The molecule has 0 bridgehead atoms. The summed E-state index contributed by atoms with van der Waals surface area (Å²) in [7, 11) is -3.70. The first-order chi connectivity index (χ1) is 12.7. The summed E-state index contributed by atoms with van der Waals surface area (Å²) >= 11 is 0. The van der Waals surface area contributed by atoms with Crippen LogP contribution in [0, 0.1) is 0 Å². The van der Waals surface area contributed by atoms with Crippen molar-refractivity contribution in [3.05, 3.63) is 65.7 Å². The second kappa shape index (κ2) is 8.81. The highest BCUT2D eigenvalue weighted by Gasteiger charge is 2.23. The first-order valence-corrected chi connectivity index (χ1v) is 10.5. The van der Waals surface area contributed by atoms with Crippen molar-refractivity contribution in [3.8, 4) is 0 Å². The zero-order valence-corrected chi connectivity index (χ0v) is 16.5. The molecule has 144 valence electrons. The molecule has 0 aromatic heterocycles. The van der Waals surface area contributed by atoms with E-state index in [1.165, 1.54) is 13.0 Å². The topological polar surface area (TPSA) is 83.6 Å². The van der Waals surface area contributed by atoms with Crippen molar-refractivity contribution in [3.63, 3.8) is 0 Å². The number of hydrogen-bond donors (Lipinski definition) is 1.